The Kier molecular flexibility index (Phi) is 4.34. The normalized spacial score (nSPS) is 18.3. The van der Waals surface area contributed by atoms with Crippen molar-refractivity contribution in [2.24, 2.45) is 0 Å². The molecule has 1 aliphatic heterocycles. The predicted octanol–water partition coefficient (Wildman–Crippen LogP) is 2.59. The highest BCUT2D eigenvalue weighted by atomic mass is 79.9. The highest BCUT2D eigenvalue weighted by Crippen LogP contribution is 2.28. The number of carboxylic acid groups (broad SMARTS) is 1. The molecule has 0 atom stereocenters. The van der Waals surface area contributed by atoms with Crippen molar-refractivity contribution >= 4 is 50.9 Å². The van der Waals surface area contributed by atoms with E-state index in [2.05, 4.69) is 21.2 Å². The van der Waals surface area contributed by atoms with Gasteiger partial charge in [0.1, 0.15) is 5.54 Å². The van der Waals surface area contributed by atoms with Gasteiger partial charge in [-0.05, 0) is 46.3 Å². The standard InChI is InChI=1S/C11H12BrNO3S2/c12-8-5-7(6-18-8)9(14)13-11(10(15)16)1-3-17-4-2-11/h5-6H,1-4H2,(H,13,14)(H,15,16). The first-order valence-corrected chi connectivity index (χ1v) is 8.24. The van der Waals surface area contributed by atoms with E-state index in [1.165, 1.54) is 11.3 Å². The molecule has 0 spiro atoms. The molecule has 1 fully saturated rings. The molecular weight excluding hydrogens is 338 g/mol. The molecule has 0 unspecified atom stereocenters. The first-order chi connectivity index (χ1) is 8.53. The van der Waals surface area contributed by atoms with E-state index in [1.54, 1.807) is 23.2 Å². The van der Waals surface area contributed by atoms with Crippen LogP contribution in [0.2, 0.25) is 0 Å². The summed E-state index contributed by atoms with van der Waals surface area (Å²) in [6.07, 6.45) is 0.952. The highest BCUT2D eigenvalue weighted by molar-refractivity contribution is 9.11. The number of carboxylic acids is 1. The van der Waals surface area contributed by atoms with Gasteiger partial charge < -0.3 is 10.4 Å². The van der Waals surface area contributed by atoms with Crippen LogP contribution in [-0.4, -0.2) is 34.0 Å². The van der Waals surface area contributed by atoms with Gasteiger partial charge in [-0.3, -0.25) is 4.79 Å². The van der Waals surface area contributed by atoms with Crippen molar-refractivity contribution < 1.29 is 14.7 Å². The minimum atomic E-state index is -1.10. The van der Waals surface area contributed by atoms with Gasteiger partial charge in [-0.25, -0.2) is 4.79 Å². The number of hydrogen-bond donors (Lipinski definition) is 2. The summed E-state index contributed by atoms with van der Waals surface area (Å²) < 4.78 is 0.858. The van der Waals surface area contributed by atoms with Crippen LogP contribution in [0.5, 0.6) is 0 Å². The van der Waals surface area contributed by atoms with E-state index < -0.39 is 11.5 Å². The molecule has 1 aromatic rings. The van der Waals surface area contributed by atoms with E-state index in [4.69, 9.17) is 0 Å². The van der Waals surface area contributed by atoms with Crippen LogP contribution in [0.25, 0.3) is 0 Å². The maximum Gasteiger partial charge on any atom is 0.329 e. The Morgan fingerprint density at radius 2 is 2.06 bits per heavy atom. The number of aliphatic carboxylic acids is 1. The summed E-state index contributed by atoms with van der Waals surface area (Å²) in [7, 11) is 0. The zero-order valence-electron chi connectivity index (χ0n) is 9.44. The Morgan fingerprint density at radius 3 is 2.56 bits per heavy atom. The molecule has 1 aliphatic rings. The fraction of sp³-hybridized carbons (Fsp3) is 0.455. The van der Waals surface area contributed by atoms with Gasteiger partial charge in [0, 0.05) is 5.38 Å². The summed E-state index contributed by atoms with van der Waals surface area (Å²) in [5, 5.41) is 13.8. The first-order valence-electron chi connectivity index (χ1n) is 5.41. The monoisotopic (exact) mass is 349 g/mol. The fourth-order valence-electron chi connectivity index (χ4n) is 1.83. The highest BCUT2D eigenvalue weighted by Gasteiger charge is 2.41. The van der Waals surface area contributed by atoms with E-state index in [9.17, 15) is 14.7 Å². The van der Waals surface area contributed by atoms with Crippen molar-refractivity contribution in [3.05, 3.63) is 20.8 Å². The molecule has 1 amide bonds. The lowest BCUT2D eigenvalue weighted by atomic mass is 9.92. The van der Waals surface area contributed by atoms with Crippen LogP contribution >= 0.6 is 39.0 Å². The van der Waals surface area contributed by atoms with E-state index in [1.807, 2.05) is 0 Å². The molecule has 0 bridgehead atoms. The molecule has 2 rings (SSSR count). The van der Waals surface area contributed by atoms with Crippen LogP contribution in [0.15, 0.2) is 15.2 Å². The summed E-state index contributed by atoms with van der Waals surface area (Å²) in [4.78, 5) is 23.5. The lowest BCUT2D eigenvalue weighted by Gasteiger charge is -2.33. The molecule has 1 saturated heterocycles. The summed E-state index contributed by atoms with van der Waals surface area (Å²) in [5.74, 6) is 0.275. The molecule has 1 aromatic heterocycles. The predicted molar refractivity (Wildman–Crippen MR) is 76.4 cm³/mol. The number of carbonyl (C=O) groups excluding carboxylic acids is 1. The molecule has 0 saturated carbocycles. The molecule has 0 aliphatic carbocycles. The average Bonchev–Trinajstić information content (AvgIpc) is 2.77. The minimum absolute atomic E-state index is 0.314. The Bertz CT molecular complexity index is 469. The van der Waals surface area contributed by atoms with Crippen molar-refractivity contribution in [1.29, 1.82) is 0 Å². The number of amides is 1. The van der Waals surface area contributed by atoms with Crippen LogP contribution in [-0.2, 0) is 4.79 Å². The van der Waals surface area contributed by atoms with Gasteiger partial charge in [0.2, 0.25) is 0 Å². The Labute approximate surface area is 121 Å². The number of halogens is 1. The number of rotatable bonds is 3. The van der Waals surface area contributed by atoms with Gasteiger partial charge in [0.15, 0.2) is 0 Å². The quantitative estimate of drug-likeness (QED) is 0.880. The maximum atomic E-state index is 12.0. The molecule has 4 nitrogen and oxygen atoms in total. The summed E-state index contributed by atoms with van der Waals surface area (Å²) >= 11 is 6.41. The van der Waals surface area contributed by atoms with Crippen LogP contribution in [0, 0.1) is 0 Å². The topological polar surface area (TPSA) is 66.4 Å². The SMILES string of the molecule is O=C(NC1(C(=O)O)CCSCC1)c1csc(Br)c1. The van der Waals surface area contributed by atoms with Gasteiger partial charge in [0.05, 0.1) is 9.35 Å². The third kappa shape index (κ3) is 2.89. The summed E-state index contributed by atoms with van der Waals surface area (Å²) in [6.45, 7) is 0. The van der Waals surface area contributed by atoms with E-state index in [0.717, 1.165) is 15.3 Å². The number of carbonyl (C=O) groups is 2. The second kappa shape index (κ2) is 5.63. The lowest BCUT2D eigenvalue weighted by Crippen LogP contribution is -2.56. The van der Waals surface area contributed by atoms with Crippen molar-refractivity contribution in [3.8, 4) is 0 Å². The average molecular weight is 350 g/mol. The Balaban J connectivity index is 2.14. The van der Waals surface area contributed by atoms with Crippen molar-refractivity contribution in [1.82, 2.24) is 5.32 Å². The van der Waals surface area contributed by atoms with Crippen LogP contribution in [0.1, 0.15) is 23.2 Å². The largest absolute Gasteiger partial charge is 0.480 e. The van der Waals surface area contributed by atoms with Gasteiger partial charge in [0.25, 0.3) is 5.91 Å². The van der Waals surface area contributed by atoms with Gasteiger partial charge in [-0.15, -0.1) is 11.3 Å². The molecule has 98 valence electrons. The molecular formula is C11H12BrNO3S2. The second-order valence-corrected chi connectivity index (χ2v) is 7.61. The van der Waals surface area contributed by atoms with Gasteiger partial charge >= 0.3 is 5.97 Å². The zero-order chi connectivity index (χ0) is 13.2. The van der Waals surface area contributed by atoms with Crippen molar-refractivity contribution in [2.75, 3.05) is 11.5 Å². The number of hydrogen-bond acceptors (Lipinski definition) is 4. The van der Waals surface area contributed by atoms with Crippen molar-refractivity contribution in [2.45, 2.75) is 18.4 Å². The smallest absolute Gasteiger partial charge is 0.329 e. The second-order valence-electron chi connectivity index (χ2n) is 4.09. The molecule has 0 radical (unpaired) electrons. The Hall–Kier alpha value is -0.530. The van der Waals surface area contributed by atoms with Crippen LogP contribution in [0.3, 0.4) is 0 Å². The summed E-state index contributed by atoms with van der Waals surface area (Å²) in [5.41, 5.74) is -0.595. The summed E-state index contributed by atoms with van der Waals surface area (Å²) in [6, 6.07) is 1.70. The van der Waals surface area contributed by atoms with Gasteiger partial charge in [-0.1, -0.05) is 0 Å². The number of thiophene rings is 1. The first kappa shape index (κ1) is 13.9. The van der Waals surface area contributed by atoms with Crippen molar-refractivity contribution in [3.63, 3.8) is 0 Å². The van der Waals surface area contributed by atoms with Crippen LogP contribution in [0.4, 0.5) is 0 Å². The van der Waals surface area contributed by atoms with Crippen LogP contribution < -0.4 is 5.32 Å². The third-order valence-corrected chi connectivity index (χ3v) is 5.43. The molecule has 2 N–H and O–H groups in total. The Morgan fingerprint density at radius 1 is 1.39 bits per heavy atom. The number of thioether (sulfide) groups is 1. The zero-order valence-corrected chi connectivity index (χ0v) is 12.7. The van der Waals surface area contributed by atoms with E-state index in [-0.39, 0.29) is 5.91 Å². The lowest BCUT2D eigenvalue weighted by molar-refractivity contribution is -0.144. The number of nitrogens with one attached hydrogen (secondary N) is 1. The van der Waals surface area contributed by atoms with Gasteiger partial charge in [-0.2, -0.15) is 11.8 Å². The molecule has 2 heterocycles. The fourth-order valence-corrected chi connectivity index (χ4v) is 4.16. The van der Waals surface area contributed by atoms with E-state index in [0.29, 0.717) is 18.4 Å². The molecule has 18 heavy (non-hydrogen) atoms. The minimum Gasteiger partial charge on any atom is -0.480 e. The maximum absolute atomic E-state index is 12.0. The van der Waals surface area contributed by atoms with E-state index >= 15 is 0 Å². The third-order valence-electron chi connectivity index (χ3n) is 2.94. The molecule has 7 heteroatoms. The molecule has 0 aromatic carbocycles.